The van der Waals surface area contributed by atoms with Gasteiger partial charge in [0.2, 0.25) is 5.75 Å². The highest BCUT2D eigenvalue weighted by Crippen LogP contribution is 2.26. The van der Waals surface area contributed by atoms with Gasteiger partial charge in [-0.15, -0.1) is 11.3 Å². The molecule has 2 heterocycles. The Hall–Kier alpha value is -3.26. The Morgan fingerprint density at radius 2 is 2.19 bits per heavy atom. The molecule has 0 spiro atoms. The highest BCUT2D eigenvalue weighted by atomic mass is 32.1. The lowest BCUT2D eigenvalue weighted by Gasteiger charge is -2.09. The zero-order valence-electron chi connectivity index (χ0n) is 13.5. The molecule has 7 nitrogen and oxygen atoms in total. The van der Waals surface area contributed by atoms with Gasteiger partial charge in [0.05, 0.1) is 0 Å². The summed E-state index contributed by atoms with van der Waals surface area (Å²) in [6.45, 7) is 0.288. The fraction of sp³-hybridized carbons (Fsp3) is 0.111. The number of hydrogen-bond donors (Lipinski definition) is 3. The van der Waals surface area contributed by atoms with Crippen LogP contribution < -0.4 is 10.9 Å². The number of carbonyl (C=O) groups excluding carboxylic acids is 1. The first kappa shape index (κ1) is 16.2. The molecule has 0 fully saturated rings. The number of nitrogens with one attached hydrogen (secondary N) is 2. The Bertz CT molecular complexity index is 1070. The van der Waals surface area contributed by atoms with Gasteiger partial charge in [0.1, 0.15) is 0 Å². The average molecular weight is 366 g/mol. The summed E-state index contributed by atoms with van der Waals surface area (Å²) < 4.78 is 0. The van der Waals surface area contributed by atoms with Gasteiger partial charge >= 0.3 is 0 Å². The second-order valence-electron chi connectivity index (χ2n) is 5.72. The number of aromatic nitrogens is 3. The topological polar surface area (TPSA) is 108 Å². The maximum absolute atomic E-state index is 12.5. The van der Waals surface area contributed by atoms with Crippen LogP contribution in [-0.2, 0) is 6.42 Å². The molecule has 1 aromatic carbocycles. The normalized spacial score (nSPS) is 12.5. The number of H-pyrrole nitrogens is 1. The van der Waals surface area contributed by atoms with Gasteiger partial charge in [0.25, 0.3) is 11.5 Å². The van der Waals surface area contributed by atoms with Crippen molar-refractivity contribution in [1.82, 2.24) is 20.3 Å². The number of amides is 1. The quantitative estimate of drug-likeness (QED) is 0.654. The van der Waals surface area contributed by atoms with Gasteiger partial charge in [-0.05, 0) is 23.1 Å². The van der Waals surface area contributed by atoms with E-state index >= 15 is 0 Å². The van der Waals surface area contributed by atoms with E-state index in [9.17, 15) is 14.7 Å². The molecular weight excluding hydrogens is 352 g/mol. The molecule has 3 N–H and O–H groups in total. The van der Waals surface area contributed by atoms with E-state index in [1.807, 2.05) is 24.3 Å². The molecule has 3 aromatic rings. The van der Waals surface area contributed by atoms with Crippen molar-refractivity contribution < 1.29 is 9.90 Å². The fourth-order valence-electron chi connectivity index (χ4n) is 2.85. The predicted octanol–water partition coefficient (Wildman–Crippen LogP) is 1.97. The highest BCUT2D eigenvalue weighted by molar-refractivity contribution is 7.13. The molecule has 0 saturated heterocycles. The van der Waals surface area contributed by atoms with Crippen molar-refractivity contribution in [3.8, 4) is 16.6 Å². The van der Waals surface area contributed by atoms with Crippen molar-refractivity contribution in [3.63, 3.8) is 0 Å². The predicted molar refractivity (Wildman–Crippen MR) is 98.1 cm³/mol. The van der Waals surface area contributed by atoms with Crippen LogP contribution in [0, 0.1) is 0 Å². The van der Waals surface area contributed by atoms with Gasteiger partial charge < -0.3 is 15.4 Å². The molecule has 8 heteroatoms. The lowest BCUT2D eigenvalue weighted by atomic mass is 10.1. The second-order valence-corrected chi connectivity index (χ2v) is 6.62. The third-order valence-corrected chi connectivity index (χ3v) is 4.90. The molecule has 0 aliphatic heterocycles. The minimum Gasteiger partial charge on any atom is -0.501 e. The van der Waals surface area contributed by atoms with Crippen LogP contribution in [0.1, 0.15) is 21.6 Å². The van der Waals surface area contributed by atoms with Crippen LogP contribution in [0.25, 0.3) is 16.4 Å². The number of rotatable bonds is 4. The lowest BCUT2D eigenvalue weighted by molar-refractivity contribution is 0.0950. The molecular formula is C18H14N4O3S. The van der Waals surface area contributed by atoms with Crippen LogP contribution in [0.3, 0.4) is 0 Å². The largest absolute Gasteiger partial charge is 0.501 e. The number of nitrogens with zero attached hydrogens (tertiary/aromatic N) is 2. The van der Waals surface area contributed by atoms with E-state index in [2.05, 4.69) is 26.3 Å². The maximum Gasteiger partial charge on any atom is 0.294 e. The number of aromatic amines is 1. The summed E-state index contributed by atoms with van der Waals surface area (Å²) in [5.74, 6) is -1.17. The maximum atomic E-state index is 12.5. The first-order valence-electron chi connectivity index (χ1n) is 7.92. The van der Waals surface area contributed by atoms with Crippen molar-refractivity contribution in [3.05, 3.63) is 69.1 Å². The number of benzene rings is 1. The van der Waals surface area contributed by atoms with Crippen LogP contribution in [0.2, 0.25) is 0 Å². The van der Waals surface area contributed by atoms with Crippen LogP contribution in [0.4, 0.5) is 0 Å². The molecule has 0 atom stereocenters. The first-order chi connectivity index (χ1) is 12.6. The molecule has 0 bridgehead atoms. The number of thiazole rings is 1. The van der Waals surface area contributed by atoms with Crippen molar-refractivity contribution in [2.45, 2.75) is 6.42 Å². The van der Waals surface area contributed by atoms with Crippen LogP contribution in [0.5, 0.6) is 5.75 Å². The van der Waals surface area contributed by atoms with E-state index in [4.69, 9.17) is 0 Å². The summed E-state index contributed by atoms with van der Waals surface area (Å²) in [4.78, 5) is 35.0. The molecule has 1 aliphatic carbocycles. The zero-order valence-corrected chi connectivity index (χ0v) is 14.3. The van der Waals surface area contributed by atoms with Gasteiger partial charge in [0.15, 0.2) is 16.5 Å². The van der Waals surface area contributed by atoms with Gasteiger partial charge in [-0.2, -0.15) is 0 Å². The minimum absolute atomic E-state index is 0.151. The van der Waals surface area contributed by atoms with Crippen molar-refractivity contribution in [2.24, 2.45) is 0 Å². The number of aromatic hydroxyl groups is 1. The van der Waals surface area contributed by atoms with Gasteiger partial charge in [-0.1, -0.05) is 30.3 Å². The summed E-state index contributed by atoms with van der Waals surface area (Å²) in [5, 5.41) is 14.9. The van der Waals surface area contributed by atoms with Crippen molar-refractivity contribution in [2.75, 3.05) is 6.54 Å². The Labute approximate surface area is 152 Å². The molecule has 0 radical (unpaired) electrons. The molecule has 4 rings (SSSR count). The van der Waals surface area contributed by atoms with Gasteiger partial charge in [0, 0.05) is 18.1 Å². The van der Waals surface area contributed by atoms with Gasteiger partial charge in [-0.3, -0.25) is 9.59 Å². The fourth-order valence-corrected chi connectivity index (χ4v) is 3.43. The van der Waals surface area contributed by atoms with E-state index in [1.54, 1.807) is 11.6 Å². The number of allylic oxidation sites excluding steroid dienone is 1. The Morgan fingerprint density at radius 1 is 1.35 bits per heavy atom. The highest BCUT2D eigenvalue weighted by Gasteiger charge is 2.20. The summed E-state index contributed by atoms with van der Waals surface area (Å²) >= 11 is 1.27. The summed E-state index contributed by atoms with van der Waals surface area (Å²) in [6.07, 6.45) is 4.44. The van der Waals surface area contributed by atoms with Crippen LogP contribution in [0.15, 0.2) is 46.7 Å². The summed E-state index contributed by atoms with van der Waals surface area (Å²) in [7, 11) is 0. The van der Waals surface area contributed by atoms with Crippen molar-refractivity contribution >= 4 is 22.8 Å². The Balaban J connectivity index is 1.56. The standard InChI is InChI=1S/C18H14N4O3S/c23-14-13(21-15(22-17(14)25)18-19-7-8-26-18)16(24)20-9-11-6-5-10-3-1-2-4-12(10)11/h1-4,6-8,23H,5,9H2,(H,20,24)(H,21,22,25). The van der Waals surface area contributed by atoms with E-state index in [1.165, 1.54) is 16.9 Å². The molecule has 26 heavy (non-hydrogen) atoms. The van der Waals surface area contributed by atoms with Gasteiger partial charge in [-0.25, -0.2) is 9.97 Å². The summed E-state index contributed by atoms with van der Waals surface area (Å²) in [6, 6.07) is 7.98. The third-order valence-electron chi connectivity index (χ3n) is 4.12. The zero-order chi connectivity index (χ0) is 18.1. The van der Waals surface area contributed by atoms with E-state index in [0.717, 1.165) is 17.6 Å². The Kier molecular flexibility index (Phi) is 4.10. The van der Waals surface area contributed by atoms with E-state index in [0.29, 0.717) is 5.01 Å². The molecule has 1 aliphatic rings. The monoisotopic (exact) mass is 366 g/mol. The summed E-state index contributed by atoms with van der Waals surface area (Å²) in [5.41, 5.74) is 2.21. The Morgan fingerprint density at radius 3 is 3.00 bits per heavy atom. The lowest BCUT2D eigenvalue weighted by Crippen LogP contribution is -2.28. The number of hydrogen-bond acceptors (Lipinski definition) is 6. The molecule has 2 aromatic heterocycles. The molecule has 130 valence electrons. The average Bonchev–Trinajstić information content (AvgIpc) is 3.32. The molecule has 1 amide bonds. The second kappa shape index (κ2) is 6.57. The van der Waals surface area contributed by atoms with E-state index < -0.39 is 17.2 Å². The smallest absolute Gasteiger partial charge is 0.294 e. The first-order valence-corrected chi connectivity index (χ1v) is 8.80. The third kappa shape index (κ3) is 2.91. The SMILES string of the molecule is O=C(NCC1=CCc2ccccc21)c1nc(-c2nccs2)[nH]c(=O)c1O. The molecule has 0 saturated carbocycles. The van der Waals surface area contributed by atoms with Crippen LogP contribution >= 0.6 is 11.3 Å². The minimum atomic E-state index is -0.777. The van der Waals surface area contributed by atoms with Crippen LogP contribution in [-0.4, -0.2) is 32.5 Å². The van der Waals surface area contributed by atoms with Crippen molar-refractivity contribution in [1.29, 1.82) is 0 Å². The number of carbonyl (C=O) groups is 1. The van der Waals surface area contributed by atoms with E-state index in [-0.39, 0.29) is 18.1 Å². The number of fused-ring (bicyclic) bond motifs is 1. The molecule has 0 unspecified atom stereocenters.